The van der Waals surface area contributed by atoms with Crippen molar-refractivity contribution in [3.63, 3.8) is 0 Å². The van der Waals surface area contributed by atoms with Crippen LogP contribution in [0.25, 0.3) is 63.4 Å². The molecule has 0 atom stereocenters. The van der Waals surface area contributed by atoms with E-state index in [4.69, 9.17) is 23.2 Å². The third-order valence-corrected chi connectivity index (χ3v) is 11.4. The van der Waals surface area contributed by atoms with Crippen LogP contribution in [0.3, 0.4) is 0 Å². The van der Waals surface area contributed by atoms with Gasteiger partial charge in [0.25, 0.3) is 0 Å². The zero-order valence-electron chi connectivity index (χ0n) is 27.4. The average molecular weight is 822 g/mol. The summed E-state index contributed by atoms with van der Waals surface area (Å²) in [4.78, 5) is 30.7. The second-order valence-electron chi connectivity index (χ2n) is 11.9. The van der Waals surface area contributed by atoms with Crippen LogP contribution in [0.4, 0.5) is 26.3 Å². The highest BCUT2D eigenvalue weighted by molar-refractivity contribution is 7.22. The van der Waals surface area contributed by atoms with Gasteiger partial charge >= 0.3 is 11.9 Å². The fraction of sp³-hybridized carbons (Fsp3) is 0.111. The molecule has 8 aromatic rings. The molecule has 4 heterocycles. The van der Waals surface area contributed by atoms with E-state index in [1.54, 1.807) is 50.2 Å². The first-order valence-electron chi connectivity index (χ1n) is 15.5. The summed E-state index contributed by atoms with van der Waals surface area (Å²) in [5, 5.41) is 20.8. The Hall–Kier alpha value is -5.16. The lowest BCUT2D eigenvalue weighted by Gasteiger charge is -2.05. The molecule has 0 unspecified atom stereocenters. The van der Waals surface area contributed by atoms with Crippen molar-refractivity contribution >= 4 is 100 Å². The normalized spacial score (nSPS) is 11.6. The van der Waals surface area contributed by atoms with E-state index in [0.29, 0.717) is 66.5 Å². The molecule has 2 N–H and O–H groups in total. The van der Waals surface area contributed by atoms with Gasteiger partial charge in [-0.25, -0.2) is 36.3 Å². The number of aromatic nitrogens is 4. The fourth-order valence-corrected chi connectivity index (χ4v) is 9.08. The molecular formula is C36H20Cl2F6N4O4S2. The summed E-state index contributed by atoms with van der Waals surface area (Å²) in [6.45, 7) is 2.67. The van der Waals surface area contributed by atoms with E-state index in [1.807, 2.05) is 0 Å². The van der Waals surface area contributed by atoms with E-state index in [-0.39, 0.29) is 32.5 Å². The molecule has 0 aliphatic rings. The Morgan fingerprint density at radius 1 is 0.648 bits per heavy atom. The highest BCUT2D eigenvalue weighted by atomic mass is 35.5. The van der Waals surface area contributed by atoms with Gasteiger partial charge in [0.1, 0.15) is 45.8 Å². The number of fused-ring (bicyclic) bond motifs is 4. The number of hydrogen-bond acceptors (Lipinski definition) is 6. The average Bonchev–Trinajstić information content (AvgIpc) is 3.86. The van der Waals surface area contributed by atoms with Gasteiger partial charge in [0.15, 0.2) is 23.3 Å². The van der Waals surface area contributed by atoms with Crippen LogP contribution in [0, 0.1) is 48.8 Å². The van der Waals surface area contributed by atoms with Gasteiger partial charge in [0, 0.05) is 45.4 Å². The van der Waals surface area contributed by atoms with Gasteiger partial charge in [-0.2, -0.15) is 0 Å². The van der Waals surface area contributed by atoms with Gasteiger partial charge in [-0.15, -0.1) is 22.7 Å². The maximum atomic E-state index is 14.1. The molecule has 4 aromatic carbocycles. The second kappa shape index (κ2) is 13.9. The zero-order valence-corrected chi connectivity index (χ0v) is 30.5. The lowest BCUT2D eigenvalue weighted by molar-refractivity contribution is -0.138. The number of rotatable bonds is 6. The fourth-order valence-electron chi connectivity index (χ4n) is 6.37. The van der Waals surface area contributed by atoms with Gasteiger partial charge < -0.3 is 19.3 Å². The van der Waals surface area contributed by atoms with Crippen molar-refractivity contribution in [1.29, 1.82) is 0 Å². The molecule has 0 radical (unpaired) electrons. The van der Waals surface area contributed by atoms with Crippen LogP contribution < -0.4 is 0 Å². The molecule has 0 saturated carbocycles. The van der Waals surface area contributed by atoms with Gasteiger partial charge in [-0.3, -0.25) is 9.59 Å². The minimum Gasteiger partial charge on any atom is -0.480 e. The molecule has 0 bridgehead atoms. The zero-order chi connectivity index (χ0) is 38.9. The van der Waals surface area contributed by atoms with Crippen LogP contribution >= 0.6 is 45.9 Å². The Labute approximate surface area is 317 Å². The summed E-state index contributed by atoms with van der Waals surface area (Å²) in [5.74, 6) is -9.02. The molecule has 54 heavy (non-hydrogen) atoms. The SMILES string of the molecule is Cc1c(-c2nc3c(F)c(F)cc(F)c3s2)c2cccc(Cl)c2n1CC(=O)O.Cc1c(-c2nc3c(F)c(F)cc(F)c3s2)c2cccc(Cl)c2n1CC(=O)O. The number of aliphatic carboxylic acids is 2. The van der Waals surface area contributed by atoms with Gasteiger partial charge in [-0.05, 0) is 26.0 Å². The van der Waals surface area contributed by atoms with Gasteiger partial charge in [0.2, 0.25) is 0 Å². The molecule has 0 fully saturated rings. The summed E-state index contributed by atoms with van der Waals surface area (Å²) < 4.78 is 86.1. The molecule has 0 spiro atoms. The van der Waals surface area contributed by atoms with Gasteiger partial charge in [0.05, 0.1) is 30.5 Å². The minimum absolute atomic E-state index is 0.107. The van der Waals surface area contributed by atoms with Crippen molar-refractivity contribution in [3.8, 4) is 21.1 Å². The minimum atomic E-state index is -1.31. The Morgan fingerprint density at radius 3 is 1.37 bits per heavy atom. The third kappa shape index (κ3) is 6.12. The summed E-state index contributed by atoms with van der Waals surface area (Å²) in [7, 11) is 0. The van der Waals surface area contributed by atoms with E-state index in [1.165, 1.54) is 9.13 Å². The van der Waals surface area contributed by atoms with E-state index < -0.39 is 57.9 Å². The van der Waals surface area contributed by atoms with Crippen LogP contribution in [-0.4, -0.2) is 41.3 Å². The van der Waals surface area contributed by atoms with Gasteiger partial charge in [-0.1, -0.05) is 47.5 Å². The number of hydrogen-bond donors (Lipinski definition) is 2. The van der Waals surface area contributed by atoms with Crippen LogP contribution in [0.15, 0.2) is 48.5 Å². The molecule has 0 aliphatic heterocycles. The molecule has 8 rings (SSSR count). The van der Waals surface area contributed by atoms with Crippen molar-refractivity contribution in [2.75, 3.05) is 0 Å². The number of para-hydroxylation sites is 2. The third-order valence-electron chi connectivity index (χ3n) is 8.63. The predicted octanol–water partition coefficient (Wildman–Crippen LogP) is 10.8. The molecule has 18 heteroatoms. The van der Waals surface area contributed by atoms with Crippen molar-refractivity contribution < 1.29 is 46.1 Å². The largest absolute Gasteiger partial charge is 0.480 e. The monoisotopic (exact) mass is 820 g/mol. The first-order valence-corrected chi connectivity index (χ1v) is 17.8. The predicted molar refractivity (Wildman–Crippen MR) is 196 cm³/mol. The number of halogens is 8. The Morgan fingerprint density at radius 2 is 1.02 bits per heavy atom. The number of nitrogens with zero attached hydrogens (tertiary/aromatic N) is 4. The van der Waals surface area contributed by atoms with Crippen molar-refractivity contribution in [1.82, 2.24) is 19.1 Å². The van der Waals surface area contributed by atoms with E-state index in [2.05, 4.69) is 9.97 Å². The Bertz CT molecular complexity index is 2690. The summed E-state index contributed by atoms with van der Waals surface area (Å²) in [6.07, 6.45) is 0. The number of thiazole rings is 2. The van der Waals surface area contributed by atoms with Crippen LogP contribution in [0.5, 0.6) is 0 Å². The molecule has 4 aromatic heterocycles. The van der Waals surface area contributed by atoms with E-state index >= 15 is 0 Å². The van der Waals surface area contributed by atoms with E-state index in [0.717, 1.165) is 22.7 Å². The Balaban J connectivity index is 0.000000167. The Kier molecular flexibility index (Phi) is 9.58. The quantitative estimate of drug-likeness (QED) is 0.128. The van der Waals surface area contributed by atoms with Crippen molar-refractivity contribution in [2.24, 2.45) is 0 Å². The molecular weight excluding hydrogens is 801 g/mol. The lowest BCUT2D eigenvalue weighted by Crippen LogP contribution is -2.10. The van der Waals surface area contributed by atoms with Crippen molar-refractivity contribution in [2.45, 2.75) is 26.9 Å². The standard InChI is InChI=1S/2C18H10ClF3N2O2S/c2*1-7-13(8-3-2-4-9(19)16(8)24(7)6-12(25)26)18-23-15-14(22)10(20)5-11(21)17(15)27-18/h2*2-5H,6H2,1H3,(H,25,26). The summed E-state index contributed by atoms with van der Waals surface area (Å²) >= 11 is 14.3. The first kappa shape index (κ1) is 37.2. The number of carboxylic acid groups (broad SMARTS) is 2. The maximum Gasteiger partial charge on any atom is 0.323 e. The molecule has 0 saturated heterocycles. The molecule has 0 amide bonds. The number of carbonyl (C=O) groups is 2. The number of carboxylic acids is 2. The summed E-state index contributed by atoms with van der Waals surface area (Å²) in [6, 6.07) is 11.0. The first-order chi connectivity index (χ1) is 25.6. The molecule has 0 aliphatic carbocycles. The maximum absolute atomic E-state index is 14.1. The smallest absolute Gasteiger partial charge is 0.323 e. The highest BCUT2D eigenvalue weighted by Gasteiger charge is 2.26. The van der Waals surface area contributed by atoms with Crippen LogP contribution in [-0.2, 0) is 22.7 Å². The summed E-state index contributed by atoms with van der Waals surface area (Å²) in [5.41, 5.74) is 2.26. The van der Waals surface area contributed by atoms with E-state index in [9.17, 15) is 46.1 Å². The highest BCUT2D eigenvalue weighted by Crippen LogP contribution is 2.43. The van der Waals surface area contributed by atoms with Crippen LogP contribution in [0.2, 0.25) is 10.0 Å². The molecule has 276 valence electrons. The van der Waals surface area contributed by atoms with Crippen LogP contribution in [0.1, 0.15) is 11.4 Å². The second-order valence-corrected chi connectivity index (χ2v) is 14.7. The van der Waals surface area contributed by atoms with Crippen molar-refractivity contribution in [3.05, 3.63) is 105 Å². The molecule has 8 nitrogen and oxygen atoms in total. The number of benzene rings is 4. The lowest BCUT2D eigenvalue weighted by atomic mass is 10.1. The topological polar surface area (TPSA) is 110 Å².